The smallest absolute Gasteiger partial charge is 0.338 e. The van der Waals surface area contributed by atoms with Crippen molar-refractivity contribution in [2.45, 2.75) is 20.5 Å². The molecule has 3 N–H and O–H groups in total. The average molecular weight is 271 g/mol. The van der Waals surface area contributed by atoms with E-state index in [9.17, 15) is 9.90 Å². The van der Waals surface area contributed by atoms with E-state index in [1.54, 1.807) is 18.2 Å². The molecule has 0 saturated carbocycles. The van der Waals surface area contributed by atoms with Gasteiger partial charge in [-0.3, -0.25) is 0 Å². The molecule has 0 atom stereocenters. The minimum atomic E-state index is -1.04. The summed E-state index contributed by atoms with van der Waals surface area (Å²) in [5.74, 6) is -0.255. The molecule has 0 aromatic heterocycles. The van der Waals surface area contributed by atoms with Crippen LogP contribution in [0.4, 0.5) is 5.69 Å². The van der Waals surface area contributed by atoms with Crippen LogP contribution in [0.2, 0.25) is 0 Å². The standard InChI is InChI=1S/C16H17NO3/c1-10-5-3-6-11(2)15(10)20-9-12-7-4-8-13(17)14(12)16(18)19/h3-8H,9,17H2,1-2H3,(H,18,19). The molecule has 2 rings (SSSR count). The summed E-state index contributed by atoms with van der Waals surface area (Å²) < 4.78 is 5.78. The Morgan fingerprint density at radius 3 is 2.35 bits per heavy atom. The van der Waals surface area contributed by atoms with Gasteiger partial charge in [0.2, 0.25) is 0 Å². The van der Waals surface area contributed by atoms with E-state index in [-0.39, 0.29) is 17.9 Å². The molecule has 0 aliphatic heterocycles. The average Bonchev–Trinajstić information content (AvgIpc) is 2.37. The Morgan fingerprint density at radius 1 is 1.15 bits per heavy atom. The molecular formula is C16H17NO3. The van der Waals surface area contributed by atoms with E-state index < -0.39 is 5.97 Å². The number of ether oxygens (including phenoxy) is 1. The van der Waals surface area contributed by atoms with Crippen LogP contribution < -0.4 is 10.5 Å². The zero-order valence-corrected chi connectivity index (χ0v) is 11.5. The van der Waals surface area contributed by atoms with Gasteiger partial charge in [-0.05, 0) is 31.0 Å². The Balaban J connectivity index is 2.28. The van der Waals surface area contributed by atoms with E-state index >= 15 is 0 Å². The molecular weight excluding hydrogens is 254 g/mol. The summed E-state index contributed by atoms with van der Waals surface area (Å²) in [5, 5.41) is 9.22. The lowest BCUT2D eigenvalue weighted by Gasteiger charge is -2.14. The first-order valence-electron chi connectivity index (χ1n) is 6.30. The molecule has 0 heterocycles. The zero-order chi connectivity index (χ0) is 14.7. The van der Waals surface area contributed by atoms with Crippen LogP contribution in [0.1, 0.15) is 27.0 Å². The minimum absolute atomic E-state index is 0.110. The van der Waals surface area contributed by atoms with Crippen molar-refractivity contribution in [1.29, 1.82) is 0 Å². The number of aryl methyl sites for hydroxylation is 2. The Hall–Kier alpha value is -2.49. The van der Waals surface area contributed by atoms with Gasteiger partial charge in [-0.2, -0.15) is 0 Å². The van der Waals surface area contributed by atoms with Crippen molar-refractivity contribution in [3.05, 3.63) is 58.7 Å². The van der Waals surface area contributed by atoms with Crippen molar-refractivity contribution >= 4 is 11.7 Å². The molecule has 0 aliphatic carbocycles. The molecule has 0 unspecified atom stereocenters. The van der Waals surface area contributed by atoms with Crippen molar-refractivity contribution < 1.29 is 14.6 Å². The summed E-state index contributed by atoms with van der Waals surface area (Å²) in [5.41, 5.74) is 8.68. The molecule has 0 radical (unpaired) electrons. The van der Waals surface area contributed by atoms with Gasteiger partial charge in [0, 0.05) is 11.3 Å². The molecule has 0 amide bonds. The van der Waals surface area contributed by atoms with E-state index in [1.165, 1.54) is 0 Å². The van der Waals surface area contributed by atoms with Crippen LogP contribution in [0.3, 0.4) is 0 Å². The van der Waals surface area contributed by atoms with Crippen LogP contribution >= 0.6 is 0 Å². The van der Waals surface area contributed by atoms with E-state index in [0.29, 0.717) is 5.56 Å². The second-order valence-corrected chi connectivity index (χ2v) is 4.70. The Kier molecular flexibility index (Phi) is 3.94. The van der Waals surface area contributed by atoms with Gasteiger partial charge in [-0.25, -0.2) is 4.79 Å². The lowest BCUT2D eigenvalue weighted by molar-refractivity contribution is 0.0695. The first-order chi connectivity index (χ1) is 9.50. The summed E-state index contributed by atoms with van der Waals surface area (Å²) in [6.45, 7) is 4.10. The summed E-state index contributed by atoms with van der Waals surface area (Å²) in [6, 6.07) is 10.9. The van der Waals surface area contributed by atoms with Gasteiger partial charge in [-0.15, -0.1) is 0 Å². The van der Waals surface area contributed by atoms with Gasteiger partial charge in [0.15, 0.2) is 0 Å². The molecule has 4 nitrogen and oxygen atoms in total. The third-order valence-electron chi connectivity index (χ3n) is 3.18. The molecule has 0 saturated heterocycles. The highest BCUT2D eigenvalue weighted by Crippen LogP contribution is 2.25. The molecule has 2 aromatic rings. The SMILES string of the molecule is Cc1cccc(C)c1OCc1cccc(N)c1C(=O)O. The zero-order valence-electron chi connectivity index (χ0n) is 11.5. The fourth-order valence-electron chi connectivity index (χ4n) is 2.18. The van der Waals surface area contributed by atoms with Gasteiger partial charge in [0.1, 0.15) is 12.4 Å². The quantitative estimate of drug-likeness (QED) is 0.838. The summed E-state index contributed by atoms with van der Waals surface area (Å²) >= 11 is 0. The minimum Gasteiger partial charge on any atom is -0.488 e. The molecule has 104 valence electrons. The fourth-order valence-corrected chi connectivity index (χ4v) is 2.18. The highest BCUT2D eigenvalue weighted by Gasteiger charge is 2.14. The largest absolute Gasteiger partial charge is 0.488 e. The number of carbonyl (C=O) groups is 1. The van der Waals surface area contributed by atoms with Crippen LogP contribution in [-0.2, 0) is 6.61 Å². The van der Waals surface area contributed by atoms with Crippen molar-refractivity contribution in [1.82, 2.24) is 0 Å². The maximum absolute atomic E-state index is 11.3. The van der Waals surface area contributed by atoms with Gasteiger partial charge in [0.05, 0.1) is 5.56 Å². The van der Waals surface area contributed by atoms with Gasteiger partial charge in [-0.1, -0.05) is 30.3 Å². The van der Waals surface area contributed by atoms with Crippen LogP contribution in [0.25, 0.3) is 0 Å². The number of anilines is 1. The first kappa shape index (κ1) is 13.9. The number of rotatable bonds is 4. The molecule has 0 bridgehead atoms. The van der Waals surface area contributed by atoms with E-state index in [1.807, 2.05) is 32.0 Å². The highest BCUT2D eigenvalue weighted by atomic mass is 16.5. The first-order valence-corrected chi connectivity index (χ1v) is 6.30. The third-order valence-corrected chi connectivity index (χ3v) is 3.18. The lowest BCUT2D eigenvalue weighted by atomic mass is 10.1. The maximum atomic E-state index is 11.3. The number of nitrogen functional groups attached to an aromatic ring is 1. The van der Waals surface area contributed by atoms with Crippen molar-refractivity contribution in [2.24, 2.45) is 0 Å². The van der Waals surface area contributed by atoms with Crippen LogP contribution in [0, 0.1) is 13.8 Å². The molecule has 4 heteroatoms. The van der Waals surface area contributed by atoms with Gasteiger partial charge in [0.25, 0.3) is 0 Å². The fraction of sp³-hybridized carbons (Fsp3) is 0.188. The van der Waals surface area contributed by atoms with Gasteiger partial charge < -0.3 is 15.6 Å². The Bertz CT molecular complexity index is 630. The number of nitrogens with two attached hydrogens (primary N) is 1. The summed E-state index contributed by atoms with van der Waals surface area (Å²) in [7, 11) is 0. The molecule has 0 spiro atoms. The molecule has 20 heavy (non-hydrogen) atoms. The number of benzene rings is 2. The predicted octanol–water partition coefficient (Wildman–Crippen LogP) is 3.16. The summed E-state index contributed by atoms with van der Waals surface area (Å²) in [4.78, 5) is 11.3. The van der Waals surface area contributed by atoms with Crippen molar-refractivity contribution in [3.8, 4) is 5.75 Å². The van der Waals surface area contributed by atoms with Crippen molar-refractivity contribution in [3.63, 3.8) is 0 Å². The number of carboxylic acid groups (broad SMARTS) is 1. The van der Waals surface area contributed by atoms with E-state index in [0.717, 1.165) is 16.9 Å². The van der Waals surface area contributed by atoms with Crippen LogP contribution in [-0.4, -0.2) is 11.1 Å². The lowest BCUT2D eigenvalue weighted by Crippen LogP contribution is -2.09. The number of aromatic carboxylic acids is 1. The second kappa shape index (κ2) is 5.65. The normalized spacial score (nSPS) is 10.3. The van der Waals surface area contributed by atoms with Gasteiger partial charge >= 0.3 is 5.97 Å². The van der Waals surface area contributed by atoms with E-state index in [4.69, 9.17) is 10.5 Å². The van der Waals surface area contributed by atoms with Crippen molar-refractivity contribution in [2.75, 3.05) is 5.73 Å². The third kappa shape index (κ3) is 2.74. The maximum Gasteiger partial charge on any atom is 0.338 e. The molecule has 2 aromatic carbocycles. The molecule has 0 fully saturated rings. The monoisotopic (exact) mass is 271 g/mol. The highest BCUT2D eigenvalue weighted by molar-refractivity contribution is 5.95. The second-order valence-electron chi connectivity index (χ2n) is 4.70. The van der Waals surface area contributed by atoms with Crippen LogP contribution in [0.5, 0.6) is 5.75 Å². The number of hydrogen-bond donors (Lipinski definition) is 2. The van der Waals surface area contributed by atoms with E-state index in [2.05, 4.69) is 0 Å². The number of hydrogen-bond acceptors (Lipinski definition) is 3. The summed E-state index contributed by atoms with van der Waals surface area (Å²) in [6.07, 6.45) is 0. The Labute approximate surface area is 117 Å². The Morgan fingerprint density at radius 2 is 1.75 bits per heavy atom. The topological polar surface area (TPSA) is 72.5 Å². The predicted molar refractivity (Wildman–Crippen MR) is 78.1 cm³/mol. The molecule has 0 aliphatic rings. The van der Waals surface area contributed by atoms with Crippen LogP contribution in [0.15, 0.2) is 36.4 Å². The number of carboxylic acids is 1. The number of para-hydroxylation sites is 1.